The molecule has 0 radical (unpaired) electrons. The normalized spacial score (nSPS) is 10.6. The SMILES string of the molecule is NC(=O)C(NC(=O)Cc1cc2ccccc2[nH]c1=O)C(N)=O. The van der Waals surface area contributed by atoms with Crippen LogP contribution in [0.25, 0.3) is 10.9 Å². The number of hydrogen-bond donors (Lipinski definition) is 4. The van der Waals surface area contributed by atoms with Crippen LogP contribution in [0.1, 0.15) is 5.56 Å². The molecule has 0 unspecified atom stereocenters. The van der Waals surface area contributed by atoms with E-state index in [4.69, 9.17) is 11.5 Å². The Kier molecular flexibility index (Phi) is 4.21. The fourth-order valence-electron chi connectivity index (χ4n) is 1.99. The van der Waals surface area contributed by atoms with E-state index in [0.29, 0.717) is 5.52 Å². The van der Waals surface area contributed by atoms with E-state index < -0.39 is 29.3 Å². The van der Waals surface area contributed by atoms with Crippen LogP contribution in [0.5, 0.6) is 0 Å². The molecule has 0 atom stereocenters. The van der Waals surface area contributed by atoms with E-state index in [1.807, 2.05) is 0 Å². The molecule has 3 amide bonds. The predicted octanol–water partition coefficient (Wildman–Crippen LogP) is -1.47. The highest BCUT2D eigenvalue weighted by atomic mass is 16.2. The van der Waals surface area contributed by atoms with Crippen molar-refractivity contribution < 1.29 is 14.4 Å². The summed E-state index contributed by atoms with van der Waals surface area (Å²) in [5.74, 6) is -2.83. The highest BCUT2D eigenvalue weighted by Crippen LogP contribution is 2.10. The number of fused-ring (bicyclic) bond motifs is 1. The van der Waals surface area contributed by atoms with Crippen molar-refractivity contribution >= 4 is 28.6 Å². The Labute approximate surface area is 124 Å². The van der Waals surface area contributed by atoms with E-state index in [1.54, 1.807) is 30.3 Å². The number of amides is 3. The zero-order valence-electron chi connectivity index (χ0n) is 11.5. The highest BCUT2D eigenvalue weighted by Gasteiger charge is 2.24. The minimum atomic E-state index is -1.60. The Morgan fingerprint density at radius 1 is 1.14 bits per heavy atom. The number of H-pyrrole nitrogens is 1. The number of primary amides is 2. The molecule has 1 aromatic carbocycles. The number of benzene rings is 1. The summed E-state index contributed by atoms with van der Waals surface area (Å²) in [5, 5.41) is 2.85. The number of nitrogens with one attached hydrogen (secondary N) is 2. The van der Waals surface area contributed by atoms with Crippen molar-refractivity contribution in [3.63, 3.8) is 0 Å². The lowest BCUT2D eigenvalue weighted by Gasteiger charge is -2.11. The Morgan fingerprint density at radius 2 is 1.77 bits per heavy atom. The fourth-order valence-corrected chi connectivity index (χ4v) is 1.99. The molecule has 2 rings (SSSR count). The molecule has 0 bridgehead atoms. The van der Waals surface area contributed by atoms with Crippen LogP contribution in [0.2, 0.25) is 0 Å². The first-order chi connectivity index (χ1) is 10.4. The lowest BCUT2D eigenvalue weighted by molar-refractivity contribution is -0.133. The third-order valence-electron chi connectivity index (χ3n) is 3.06. The Bertz CT molecular complexity index is 798. The van der Waals surface area contributed by atoms with Gasteiger partial charge in [-0.3, -0.25) is 19.2 Å². The van der Waals surface area contributed by atoms with Gasteiger partial charge in [0.1, 0.15) is 0 Å². The van der Waals surface area contributed by atoms with Crippen LogP contribution in [0, 0.1) is 0 Å². The van der Waals surface area contributed by atoms with Gasteiger partial charge in [-0.15, -0.1) is 0 Å². The van der Waals surface area contributed by atoms with E-state index in [-0.39, 0.29) is 12.0 Å². The molecule has 0 aliphatic carbocycles. The maximum absolute atomic E-state index is 11.9. The summed E-state index contributed by atoms with van der Waals surface area (Å²) in [6.45, 7) is 0. The van der Waals surface area contributed by atoms with Gasteiger partial charge in [0, 0.05) is 11.1 Å². The number of carbonyl (C=O) groups is 3. The monoisotopic (exact) mass is 302 g/mol. The van der Waals surface area contributed by atoms with Crippen molar-refractivity contribution in [2.24, 2.45) is 11.5 Å². The van der Waals surface area contributed by atoms with E-state index in [9.17, 15) is 19.2 Å². The zero-order valence-corrected chi connectivity index (χ0v) is 11.5. The topological polar surface area (TPSA) is 148 Å². The maximum atomic E-state index is 11.9. The first kappa shape index (κ1) is 15.2. The van der Waals surface area contributed by atoms with E-state index in [1.165, 1.54) is 0 Å². The molecule has 22 heavy (non-hydrogen) atoms. The van der Waals surface area contributed by atoms with Gasteiger partial charge in [0.05, 0.1) is 6.42 Å². The summed E-state index contributed by atoms with van der Waals surface area (Å²) in [4.78, 5) is 48.4. The van der Waals surface area contributed by atoms with Gasteiger partial charge in [-0.1, -0.05) is 18.2 Å². The van der Waals surface area contributed by atoms with Gasteiger partial charge >= 0.3 is 0 Å². The molecular weight excluding hydrogens is 288 g/mol. The second-order valence-corrected chi connectivity index (χ2v) is 4.69. The second-order valence-electron chi connectivity index (χ2n) is 4.69. The van der Waals surface area contributed by atoms with Crippen molar-refractivity contribution in [1.82, 2.24) is 10.3 Å². The van der Waals surface area contributed by atoms with Gasteiger partial charge in [-0.2, -0.15) is 0 Å². The van der Waals surface area contributed by atoms with Gasteiger partial charge in [0.25, 0.3) is 5.56 Å². The largest absolute Gasteiger partial charge is 0.367 e. The number of hydrogen-bond acceptors (Lipinski definition) is 4. The van der Waals surface area contributed by atoms with Crippen molar-refractivity contribution in [1.29, 1.82) is 0 Å². The number of carbonyl (C=O) groups excluding carboxylic acids is 3. The quantitative estimate of drug-likeness (QED) is 0.499. The molecule has 1 heterocycles. The minimum Gasteiger partial charge on any atom is -0.367 e. The summed E-state index contributed by atoms with van der Waals surface area (Å²) in [5.41, 5.74) is 10.3. The molecule has 6 N–H and O–H groups in total. The van der Waals surface area contributed by atoms with Crippen molar-refractivity contribution in [2.75, 3.05) is 0 Å². The lowest BCUT2D eigenvalue weighted by atomic mass is 10.1. The molecule has 0 saturated heterocycles. The molecule has 0 fully saturated rings. The molecule has 2 aromatic rings. The van der Waals surface area contributed by atoms with Gasteiger partial charge in [-0.25, -0.2) is 0 Å². The van der Waals surface area contributed by atoms with Crippen LogP contribution in [-0.2, 0) is 20.8 Å². The van der Waals surface area contributed by atoms with Crippen LogP contribution >= 0.6 is 0 Å². The van der Waals surface area contributed by atoms with Gasteiger partial charge in [-0.05, 0) is 17.5 Å². The van der Waals surface area contributed by atoms with Crippen LogP contribution in [-0.4, -0.2) is 28.7 Å². The molecule has 0 aliphatic rings. The van der Waals surface area contributed by atoms with Crippen LogP contribution in [0.15, 0.2) is 35.1 Å². The van der Waals surface area contributed by atoms with Gasteiger partial charge in [0.15, 0.2) is 6.04 Å². The number of aromatic nitrogens is 1. The summed E-state index contributed by atoms with van der Waals surface area (Å²) < 4.78 is 0. The molecule has 0 aliphatic heterocycles. The Hall–Kier alpha value is -3.16. The van der Waals surface area contributed by atoms with E-state index in [0.717, 1.165) is 5.39 Å². The standard InChI is InChI=1S/C14H14N4O4/c15-12(20)11(13(16)21)18-10(19)6-8-5-7-3-1-2-4-9(7)17-14(8)22/h1-5,11H,6H2,(H2,15,20)(H2,16,21)(H,17,22)(H,18,19). The van der Waals surface area contributed by atoms with Crippen LogP contribution < -0.4 is 22.3 Å². The summed E-state index contributed by atoms with van der Waals surface area (Å²) in [7, 11) is 0. The molecule has 8 heteroatoms. The van der Waals surface area contributed by atoms with Crippen LogP contribution in [0.3, 0.4) is 0 Å². The van der Waals surface area contributed by atoms with Crippen molar-refractivity contribution in [3.8, 4) is 0 Å². The third kappa shape index (κ3) is 3.29. The number of aromatic amines is 1. The Balaban J connectivity index is 2.21. The molecule has 1 aromatic heterocycles. The molecule has 114 valence electrons. The number of pyridine rings is 1. The number of nitrogens with two attached hydrogens (primary N) is 2. The molecular formula is C14H14N4O4. The van der Waals surface area contributed by atoms with E-state index in [2.05, 4.69) is 10.3 Å². The van der Waals surface area contributed by atoms with E-state index >= 15 is 0 Å². The summed E-state index contributed by atoms with van der Waals surface area (Å²) in [6.07, 6.45) is -0.308. The smallest absolute Gasteiger partial charge is 0.252 e. The lowest BCUT2D eigenvalue weighted by Crippen LogP contribution is -2.52. The average molecular weight is 302 g/mol. The first-order valence-electron chi connectivity index (χ1n) is 6.37. The summed E-state index contributed by atoms with van der Waals surface area (Å²) in [6, 6.07) is 7.04. The van der Waals surface area contributed by atoms with Gasteiger partial charge < -0.3 is 21.8 Å². The predicted molar refractivity (Wildman–Crippen MR) is 78.6 cm³/mol. The third-order valence-corrected chi connectivity index (χ3v) is 3.06. The molecule has 0 saturated carbocycles. The maximum Gasteiger partial charge on any atom is 0.252 e. The molecule has 0 spiro atoms. The number of rotatable bonds is 5. The van der Waals surface area contributed by atoms with Crippen molar-refractivity contribution in [3.05, 3.63) is 46.2 Å². The second kappa shape index (κ2) is 6.08. The molecule has 8 nitrogen and oxygen atoms in total. The summed E-state index contributed by atoms with van der Waals surface area (Å²) >= 11 is 0. The van der Waals surface area contributed by atoms with Crippen molar-refractivity contribution in [2.45, 2.75) is 12.5 Å². The van der Waals surface area contributed by atoms with Crippen LogP contribution in [0.4, 0.5) is 0 Å². The first-order valence-corrected chi connectivity index (χ1v) is 6.37. The zero-order chi connectivity index (χ0) is 16.3. The fraction of sp³-hybridized carbons (Fsp3) is 0.143. The highest BCUT2D eigenvalue weighted by molar-refractivity contribution is 6.05. The average Bonchev–Trinajstić information content (AvgIpc) is 2.45. The minimum absolute atomic E-state index is 0.198. The van der Waals surface area contributed by atoms with Gasteiger partial charge in [0.2, 0.25) is 17.7 Å². The number of para-hydroxylation sites is 1. The Morgan fingerprint density at radius 3 is 2.41 bits per heavy atom.